The Kier molecular flexibility index (Phi) is 8.23. The van der Waals surface area contributed by atoms with Crippen molar-refractivity contribution in [3.63, 3.8) is 0 Å². The number of hydrogen-bond donors (Lipinski definition) is 3. The van der Waals surface area contributed by atoms with Gasteiger partial charge in [0.1, 0.15) is 17.8 Å². The molecule has 0 unspecified atom stereocenters. The molecule has 1 saturated heterocycles. The van der Waals surface area contributed by atoms with E-state index >= 15 is 0 Å². The number of rotatable bonds is 7. The van der Waals surface area contributed by atoms with Gasteiger partial charge >= 0.3 is 12.0 Å². The summed E-state index contributed by atoms with van der Waals surface area (Å²) in [6.07, 6.45) is 0.230. The molecule has 1 aliphatic heterocycles. The van der Waals surface area contributed by atoms with Crippen LogP contribution in [0.3, 0.4) is 0 Å². The van der Waals surface area contributed by atoms with E-state index in [2.05, 4.69) is 16.0 Å². The highest BCUT2D eigenvalue weighted by Gasteiger charge is 2.40. The van der Waals surface area contributed by atoms with E-state index in [-0.39, 0.29) is 24.8 Å². The summed E-state index contributed by atoms with van der Waals surface area (Å²) in [7, 11) is 2.81. The predicted molar refractivity (Wildman–Crippen MR) is 114 cm³/mol. The number of likely N-dealkylation sites (tertiary alicyclic amines) is 1. The van der Waals surface area contributed by atoms with Crippen LogP contribution in [0.4, 0.5) is 10.5 Å². The van der Waals surface area contributed by atoms with Crippen LogP contribution in [-0.2, 0) is 19.1 Å². The molecule has 4 amide bonds. The molecule has 0 spiro atoms. The molecule has 10 heteroatoms. The molecule has 10 nitrogen and oxygen atoms in total. The number of nitrogens with zero attached hydrogens (tertiary/aromatic N) is 1. The number of methoxy groups -OCH3 is 2. The van der Waals surface area contributed by atoms with E-state index in [1.165, 1.54) is 18.9 Å². The first kappa shape index (κ1) is 24.0. The third kappa shape index (κ3) is 6.34. The highest BCUT2D eigenvalue weighted by Crippen LogP contribution is 2.20. The fourth-order valence-electron chi connectivity index (χ4n) is 3.44. The van der Waals surface area contributed by atoms with Crippen molar-refractivity contribution in [2.45, 2.75) is 45.3 Å². The van der Waals surface area contributed by atoms with Gasteiger partial charge in [-0.05, 0) is 36.6 Å². The minimum Gasteiger partial charge on any atom is -0.497 e. The van der Waals surface area contributed by atoms with E-state index < -0.39 is 36.0 Å². The number of ether oxygens (including phenoxy) is 2. The Bertz CT molecular complexity index is 811. The number of nitrogens with one attached hydrogen (secondary N) is 3. The molecule has 1 aliphatic rings. The summed E-state index contributed by atoms with van der Waals surface area (Å²) in [6.45, 7) is 5.12. The van der Waals surface area contributed by atoms with Gasteiger partial charge in [-0.25, -0.2) is 9.59 Å². The van der Waals surface area contributed by atoms with Crippen molar-refractivity contribution in [2.24, 2.45) is 5.92 Å². The second-order valence-corrected chi connectivity index (χ2v) is 7.70. The molecule has 3 atom stereocenters. The van der Waals surface area contributed by atoms with Crippen LogP contribution < -0.4 is 20.7 Å². The smallest absolute Gasteiger partial charge is 0.328 e. The lowest BCUT2D eigenvalue weighted by Crippen LogP contribution is -2.52. The van der Waals surface area contributed by atoms with E-state index in [0.29, 0.717) is 11.4 Å². The van der Waals surface area contributed by atoms with Crippen molar-refractivity contribution < 1.29 is 28.7 Å². The summed E-state index contributed by atoms with van der Waals surface area (Å²) in [4.78, 5) is 50.6. The first-order chi connectivity index (χ1) is 14.7. The van der Waals surface area contributed by atoms with Crippen LogP contribution in [0.25, 0.3) is 0 Å². The molecule has 2 rings (SSSR count). The van der Waals surface area contributed by atoms with Crippen LogP contribution in [0.2, 0.25) is 0 Å². The summed E-state index contributed by atoms with van der Waals surface area (Å²) in [5, 5.41) is 8.17. The zero-order valence-electron chi connectivity index (χ0n) is 18.4. The van der Waals surface area contributed by atoms with Crippen molar-refractivity contribution in [2.75, 3.05) is 26.1 Å². The van der Waals surface area contributed by atoms with Crippen LogP contribution in [0.5, 0.6) is 5.75 Å². The Hall–Kier alpha value is -3.30. The zero-order valence-corrected chi connectivity index (χ0v) is 18.4. The lowest BCUT2D eigenvalue weighted by atomic mass is 10.0. The van der Waals surface area contributed by atoms with Gasteiger partial charge in [-0.1, -0.05) is 13.8 Å². The van der Waals surface area contributed by atoms with Crippen molar-refractivity contribution in [3.8, 4) is 5.75 Å². The highest BCUT2D eigenvalue weighted by atomic mass is 16.5. The lowest BCUT2D eigenvalue weighted by Gasteiger charge is -2.26. The second-order valence-electron chi connectivity index (χ2n) is 7.70. The molecule has 170 valence electrons. The molecule has 31 heavy (non-hydrogen) atoms. The molecular weight excluding hydrogens is 404 g/mol. The van der Waals surface area contributed by atoms with Crippen molar-refractivity contribution >= 4 is 29.5 Å². The standard InChI is InChI=1S/C21H30N4O6/c1-12(2)18(20(28)31-5)24-19(27)17-10-15(11-25(17)13(3)26)23-21(29)22-14-6-8-16(30-4)9-7-14/h6-9,12,15,17-18H,10-11H2,1-5H3,(H,24,27)(H2,22,23,29)/t15-,17+,18+/m0/s1. The molecule has 0 radical (unpaired) electrons. The Morgan fingerprint density at radius 3 is 2.26 bits per heavy atom. The summed E-state index contributed by atoms with van der Waals surface area (Å²) >= 11 is 0. The van der Waals surface area contributed by atoms with Gasteiger partial charge in [-0.2, -0.15) is 0 Å². The first-order valence-electron chi connectivity index (χ1n) is 10.0. The Labute approximate surface area is 181 Å². The van der Waals surface area contributed by atoms with Gasteiger partial charge in [0.25, 0.3) is 0 Å². The van der Waals surface area contributed by atoms with Gasteiger partial charge in [0.05, 0.1) is 20.3 Å². The monoisotopic (exact) mass is 434 g/mol. The second kappa shape index (κ2) is 10.6. The van der Waals surface area contributed by atoms with Crippen molar-refractivity contribution in [3.05, 3.63) is 24.3 Å². The van der Waals surface area contributed by atoms with Crippen molar-refractivity contribution in [1.82, 2.24) is 15.5 Å². The fraction of sp³-hybridized carbons (Fsp3) is 0.524. The number of hydrogen-bond acceptors (Lipinski definition) is 6. The van der Waals surface area contributed by atoms with E-state index in [1.54, 1.807) is 45.2 Å². The first-order valence-corrected chi connectivity index (χ1v) is 10.0. The van der Waals surface area contributed by atoms with Gasteiger partial charge in [0.15, 0.2) is 0 Å². The maximum atomic E-state index is 12.8. The third-order valence-electron chi connectivity index (χ3n) is 5.11. The molecule has 0 aromatic heterocycles. The van der Waals surface area contributed by atoms with E-state index in [1.807, 2.05) is 0 Å². The highest BCUT2D eigenvalue weighted by molar-refractivity contribution is 5.92. The van der Waals surface area contributed by atoms with Gasteiger partial charge in [-0.15, -0.1) is 0 Å². The number of amides is 4. The Morgan fingerprint density at radius 2 is 1.74 bits per heavy atom. The van der Waals surface area contributed by atoms with Crippen LogP contribution in [0.1, 0.15) is 27.2 Å². The number of esters is 1. The number of benzene rings is 1. The summed E-state index contributed by atoms with van der Waals surface area (Å²) in [5.41, 5.74) is 0.576. The van der Waals surface area contributed by atoms with Gasteiger partial charge in [0, 0.05) is 19.2 Å². The molecule has 0 bridgehead atoms. The van der Waals surface area contributed by atoms with Crippen LogP contribution >= 0.6 is 0 Å². The number of anilines is 1. The molecule has 1 aromatic rings. The van der Waals surface area contributed by atoms with Gasteiger partial charge in [0.2, 0.25) is 11.8 Å². The average Bonchev–Trinajstić information content (AvgIpc) is 3.15. The molecule has 1 heterocycles. The SMILES string of the molecule is COC(=O)[C@H](NC(=O)[C@H]1C[C@H](NC(=O)Nc2ccc(OC)cc2)CN1C(C)=O)C(C)C. The number of carbonyl (C=O) groups is 4. The third-order valence-corrected chi connectivity index (χ3v) is 5.11. The molecular formula is C21H30N4O6. The van der Waals surface area contributed by atoms with Crippen LogP contribution in [0, 0.1) is 5.92 Å². The van der Waals surface area contributed by atoms with Gasteiger partial charge in [-0.3, -0.25) is 9.59 Å². The topological polar surface area (TPSA) is 126 Å². The Morgan fingerprint density at radius 1 is 1.10 bits per heavy atom. The predicted octanol–water partition coefficient (Wildman–Crippen LogP) is 1.12. The quantitative estimate of drug-likeness (QED) is 0.552. The maximum Gasteiger partial charge on any atom is 0.328 e. The fourth-order valence-corrected chi connectivity index (χ4v) is 3.44. The summed E-state index contributed by atoms with van der Waals surface area (Å²) < 4.78 is 9.83. The van der Waals surface area contributed by atoms with Gasteiger partial charge < -0.3 is 30.3 Å². The van der Waals surface area contributed by atoms with Crippen LogP contribution in [0.15, 0.2) is 24.3 Å². The number of carbonyl (C=O) groups excluding carboxylic acids is 4. The van der Waals surface area contributed by atoms with E-state index in [9.17, 15) is 19.2 Å². The average molecular weight is 434 g/mol. The zero-order chi connectivity index (χ0) is 23.1. The summed E-state index contributed by atoms with van der Waals surface area (Å²) in [5.74, 6) is -0.824. The summed E-state index contributed by atoms with van der Waals surface area (Å²) in [6, 6.07) is 4.34. The molecule has 0 saturated carbocycles. The minimum atomic E-state index is -0.823. The maximum absolute atomic E-state index is 12.8. The largest absolute Gasteiger partial charge is 0.497 e. The Balaban J connectivity index is 2.01. The van der Waals surface area contributed by atoms with E-state index in [0.717, 1.165) is 0 Å². The van der Waals surface area contributed by atoms with Crippen molar-refractivity contribution in [1.29, 1.82) is 0 Å². The van der Waals surface area contributed by atoms with E-state index in [4.69, 9.17) is 9.47 Å². The number of urea groups is 1. The minimum absolute atomic E-state index is 0.187. The molecule has 0 aliphatic carbocycles. The molecule has 1 aromatic carbocycles. The normalized spacial score (nSPS) is 18.8. The lowest BCUT2D eigenvalue weighted by molar-refractivity contribution is -0.147. The molecule has 3 N–H and O–H groups in total. The van der Waals surface area contributed by atoms with Crippen LogP contribution in [-0.4, -0.2) is 67.6 Å². The molecule has 1 fully saturated rings.